The molecule has 0 aromatic heterocycles. The lowest BCUT2D eigenvalue weighted by Gasteiger charge is -1.82. The molecule has 0 aliphatic rings. The lowest BCUT2D eigenvalue weighted by molar-refractivity contribution is 0.512. The SMILES string of the molecule is CCCCC=C[P+](=O)O.N=C=O. The number of allylic oxidation sites excluding steroid dienone is 1. The topological polar surface area (TPSA) is 78.2 Å². The molecule has 12 heavy (non-hydrogen) atoms. The lowest BCUT2D eigenvalue weighted by Crippen LogP contribution is -1.64. The van der Waals surface area contributed by atoms with Gasteiger partial charge >= 0.3 is 8.03 Å². The van der Waals surface area contributed by atoms with E-state index >= 15 is 0 Å². The average molecular weight is 190 g/mol. The summed E-state index contributed by atoms with van der Waals surface area (Å²) >= 11 is 0. The van der Waals surface area contributed by atoms with Crippen LogP contribution in [0.15, 0.2) is 11.9 Å². The van der Waals surface area contributed by atoms with E-state index in [0.717, 1.165) is 25.3 Å². The third-order valence-electron chi connectivity index (χ3n) is 0.957. The first-order valence-electron chi connectivity index (χ1n) is 3.54. The molecule has 0 rings (SSSR count). The Kier molecular flexibility index (Phi) is 14.7. The van der Waals surface area contributed by atoms with Crippen molar-refractivity contribution in [2.75, 3.05) is 0 Å². The van der Waals surface area contributed by atoms with Crippen LogP contribution in [0, 0.1) is 5.41 Å². The van der Waals surface area contributed by atoms with E-state index in [1.165, 1.54) is 5.82 Å². The molecule has 4 nitrogen and oxygen atoms in total. The van der Waals surface area contributed by atoms with Crippen LogP contribution in [0.25, 0.3) is 0 Å². The van der Waals surface area contributed by atoms with Crippen LogP contribution in [0.2, 0.25) is 0 Å². The molecule has 0 saturated carbocycles. The summed E-state index contributed by atoms with van der Waals surface area (Å²) < 4.78 is 10.0. The third kappa shape index (κ3) is 22.9. The molecule has 1 atom stereocenters. The minimum atomic E-state index is -2.05. The molecule has 1 unspecified atom stereocenters. The molecule has 0 aromatic carbocycles. The zero-order chi connectivity index (χ0) is 9.82. The van der Waals surface area contributed by atoms with E-state index in [-0.39, 0.29) is 0 Å². The molecular weight excluding hydrogens is 177 g/mol. The molecule has 0 fully saturated rings. The zero-order valence-corrected chi connectivity index (χ0v) is 7.88. The van der Waals surface area contributed by atoms with E-state index in [2.05, 4.69) is 6.92 Å². The van der Waals surface area contributed by atoms with Crippen molar-refractivity contribution in [3.63, 3.8) is 0 Å². The highest BCUT2D eigenvalue weighted by atomic mass is 31.1. The van der Waals surface area contributed by atoms with Crippen LogP contribution in [-0.2, 0) is 9.36 Å². The molecule has 0 spiro atoms. The Morgan fingerprint density at radius 3 is 2.50 bits per heavy atom. The van der Waals surface area contributed by atoms with Gasteiger partial charge in [-0.15, -0.1) is 0 Å². The number of carbonyl (C=O) groups excluding carboxylic acids is 1. The molecule has 0 bridgehead atoms. The minimum Gasteiger partial charge on any atom is -0.222 e. The Morgan fingerprint density at radius 1 is 1.67 bits per heavy atom. The molecule has 2 N–H and O–H groups in total. The maximum Gasteiger partial charge on any atom is 0.537 e. The first-order valence-corrected chi connectivity index (χ1v) is 4.83. The van der Waals surface area contributed by atoms with Crippen molar-refractivity contribution in [1.82, 2.24) is 0 Å². The average Bonchev–Trinajstić information content (AvgIpc) is 1.99. The lowest BCUT2D eigenvalue weighted by atomic mass is 10.2. The van der Waals surface area contributed by atoms with Crippen LogP contribution < -0.4 is 0 Å². The minimum absolute atomic E-state index is 0.750. The van der Waals surface area contributed by atoms with Crippen LogP contribution in [0.1, 0.15) is 26.2 Å². The maximum absolute atomic E-state index is 10.0. The highest BCUT2D eigenvalue weighted by molar-refractivity contribution is 7.41. The van der Waals surface area contributed by atoms with Crippen molar-refractivity contribution in [3.8, 4) is 0 Å². The summed E-state index contributed by atoms with van der Waals surface area (Å²) in [6, 6.07) is 0. The van der Waals surface area contributed by atoms with Gasteiger partial charge in [-0.05, 0) is 23.5 Å². The van der Waals surface area contributed by atoms with Crippen molar-refractivity contribution in [3.05, 3.63) is 11.9 Å². The van der Waals surface area contributed by atoms with Crippen molar-refractivity contribution in [1.29, 1.82) is 5.41 Å². The predicted octanol–water partition coefficient (Wildman–Crippen LogP) is 2.33. The smallest absolute Gasteiger partial charge is 0.222 e. The van der Waals surface area contributed by atoms with Crippen LogP contribution >= 0.6 is 8.03 Å². The Bertz CT molecular complexity index is 173. The van der Waals surface area contributed by atoms with Gasteiger partial charge in [-0.2, -0.15) is 4.89 Å². The molecule has 0 aliphatic heterocycles. The van der Waals surface area contributed by atoms with Gasteiger partial charge in [0.25, 0.3) is 0 Å². The van der Waals surface area contributed by atoms with Gasteiger partial charge in [-0.25, -0.2) is 10.2 Å². The van der Waals surface area contributed by atoms with E-state index in [1.807, 2.05) is 0 Å². The summed E-state index contributed by atoms with van der Waals surface area (Å²) in [6.07, 6.45) is 5.65. The van der Waals surface area contributed by atoms with Gasteiger partial charge in [0.15, 0.2) is 5.82 Å². The molecule has 0 aromatic rings. The molecule has 0 radical (unpaired) electrons. The third-order valence-corrected chi connectivity index (χ3v) is 1.42. The first-order chi connectivity index (χ1) is 5.68. The Hall–Kier alpha value is -0.820. The Morgan fingerprint density at radius 2 is 2.17 bits per heavy atom. The van der Waals surface area contributed by atoms with Crippen molar-refractivity contribution in [2.45, 2.75) is 26.2 Å². The zero-order valence-electron chi connectivity index (χ0n) is 6.99. The van der Waals surface area contributed by atoms with Crippen LogP contribution in [0.5, 0.6) is 0 Å². The quantitative estimate of drug-likeness (QED) is 0.309. The predicted molar refractivity (Wildman–Crippen MR) is 46.9 cm³/mol. The number of rotatable bonds is 4. The largest absolute Gasteiger partial charge is 0.537 e. The summed E-state index contributed by atoms with van der Waals surface area (Å²) in [7, 11) is -2.05. The van der Waals surface area contributed by atoms with Crippen LogP contribution in [0.3, 0.4) is 0 Å². The van der Waals surface area contributed by atoms with Crippen LogP contribution in [0.4, 0.5) is 0 Å². The van der Waals surface area contributed by atoms with Crippen molar-refractivity contribution >= 4 is 14.1 Å². The molecule has 0 heterocycles. The van der Waals surface area contributed by atoms with E-state index in [0.29, 0.717) is 0 Å². The van der Waals surface area contributed by atoms with Gasteiger partial charge in [0.1, 0.15) is 0 Å². The Balaban J connectivity index is 0. The standard InChI is InChI=1S/C6H11O2P.CHNO/c1-2-3-4-5-6-9(7)8;2-1-3/h5-6H,2-4H2,1H3;2H/p+1. The monoisotopic (exact) mass is 190 g/mol. The van der Waals surface area contributed by atoms with E-state index in [1.54, 1.807) is 6.08 Å². The second-order valence-electron chi connectivity index (χ2n) is 1.93. The summed E-state index contributed by atoms with van der Waals surface area (Å²) in [5.74, 6) is 1.34. The summed E-state index contributed by atoms with van der Waals surface area (Å²) in [4.78, 5) is 16.6. The van der Waals surface area contributed by atoms with E-state index < -0.39 is 8.03 Å². The maximum atomic E-state index is 10.0. The normalized spacial score (nSPS) is 10.0. The molecule has 0 aliphatic carbocycles. The van der Waals surface area contributed by atoms with Gasteiger partial charge in [0.2, 0.25) is 6.08 Å². The molecule has 0 saturated heterocycles. The van der Waals surface area contributed by atoms with Gasteiger partial charge in [0, 0.05) is 0 Å². The molecule has 68 valence electrons. The second kappa shape index (κ2) is 12.8. The van der Waals surface area contributed by atoms with E-state index in [9.17, 15) is 4.57 Å². The number of hydrogen-bond acceptors (Lipinski definition) is 3. The van der Waals surface area contributed by atoms with Crippen molar-refractivity contribution in [2.24, 2.45) is 0 Å². The molecular formula is C7H13NO3P+. The van der Waals surface area contributed by atoms with Crippen molar-refractivity contribution < 1.29 is 14.3 Å². The number of hydrogen-bond donors (Lipinski definition) is 2. The van der Waals surface area contributed by atoms with Crippen LogP contribution in [-0.4, -0.2) is 11.0 Å². The Labute approximate surface area is 72.7 Å². The summed E-state index contributed by atoms with van der Waals surface area (Å²) in [5, 5.41) is 5.40. The number of nitrogens with one attached hydrogen (secondary N) is 1. The fourth-order valence-electron chi connectivity index (χ4n) is 0.487. The van der Waals surface area contributed by atoms with Gasteiger partial charge in [-0.3, -0.25) is 0 Å². The fourth-order valence-corrected chi connectivity index (χ4v) is 0.816. The molecule has 0 amide bonds. The molecule has 5 heteroatoms. The summed E-state index contributed by atoms with van der Waals surface area (Å²) in [5.41, 5.74) is 0. The summed E-state index contributed by atoms with van der Waals surface area (Å²) in [6.45, 7) is 2.09. The van der Waals surface area contributed by atoms with Gasteiger partial charge in [0.05, 0.1) is 0 Å². The number of isocyanates is 1. The van der Waals surface area contributed by atoms with E-state index in [4.69, 9.17) is 15.1 Å². The highest BCUT2D eigenvalue weighted by Gasteiger charge is 1.98. The first kappa shape index (κ1) is 13.7. The fraction of sp³-hybridized carbons (Fsp3) is 0.571. The van der Waals surface area contributed by atoms with Gasteiger partial charge < -0.3 is 0 Å². The second-order valence-corrected chi connectivity index (χ2v) is 2.83. The number of unbranched alkanes of at least 4 members (excludes halogenated alkanes) is 2. The van der Waals surface area contributed by atoms with Gasteiger partial charge in [-0.1, -0.05) is 13.3 Å². The highest BCUT2D eigenvalue weighted by Crippen LogP contribution is 2.14.